The van der Waals surface area contributed by atoms with E-state index >= 15 is 0 Å². The van der Waals surface area contributed by atoms with E-state index in [9.17, 15) is 14.4 Å². The molecule has 0 bridgehead atoms. The van der Waals surface area contributed by atoms with Gasteiger partial charge in [0.1, 0.15) is 17.3 Å². The largest absolute Gasteiger partial charge is 0.494 e. The topological polar surface area (TPSA) is 94.6 Å². The monoisotopic (exact) mass is 494 g/mol. The van der Waals surface area contributed by atoms with Gasteiger partial charge in [0, 0.05) is 48.9 Å². The molecule has 8 heteroatoms. The molecule has 184 valence electrons. The van der Waals surface area contributed by atoms with Gasteiger partial charge in [0.25, 0.3) is 0 Å². The maximum absolute atomic E-state index is 12.3. The van der Waals surface area contributed by atoms with E-state index in [1.54, 1.807) is 30.5 Å². The molecule has 0 fully saturated rings. The van der Waals surface area contributed by atoms with Crippen molar-refractivity contribution in [1.29, 1.82) is 0 Å². The maximum atomic E-state index is 12.3. The molecule has 7 nitrogen and oxygen atoms in total. The minimum absolute atomic E-state index is 0.0341. The maximum Gasteiger partial charge on any atom is 0.224 e. The second kappa shape index (κ2) is 13.4. The summed E-state index contributed by atoms with van der Waals surface area (Å²) in [7, 11) is 0. The van der Waals surface area contributed by atoms with Crippen molar-refractivity contribution in [2.75, 3.05) is 6.61 Å². The van der Waals surface area contributed by atoms with Gasteiger partial charge >= 0.3 is 0 Å². The van der Waals surface area contributed by atoms with E-state index in [4.69, 9.17) is 9.47 Å². The van der Waals surface area contributed by atoms with E-state index in [0.717, 1.165) is 22.6 Å². The summed E-state index contributed by atoms with van der Waals surface area (Å²) in [5.41, 5.74) is 0.718. The Morgan fingerprint density at radius 2 is 1.69 bits per heavy atom. The number of aryl methyl sites for hydroxylation is 1. The van der Waals surface area contributed by atoms with Gasteiger partial charge in [-0.2, -0.15) is 0 Å². The van der Waals surface area contributed by atoms with E-state index in [0.29, 0.717) is 23.1 Å². The number of ether oxygens (including phenoxy) is 2. The van der Waals surface area contributed by atoms with Crippen LogP contribution in [0, 0.1) is 6.92 Å². The molecule has 2 heterocycles. The molecule has 0 spiro atoms. The van der Waals surface area contributed by atoms with Crippen molar-refractivity contribution in [1.82, 2.24) is 10.3 Å². The third-order valence-corrected chi connectivity index (χ3v) is 6.16. The van der Waals surface area contributed by atoms with E-state index in [-0.39, 0.29) is 49.7 Å². The Kier molecular flexibility index (Phi) is 9.98. The zero-order chi connectivity index (χ0) is 25.0. The highest BCUT2D eigenvalue weighted by Gasteiger charge is 2.13. The van der Waals surface area contributed by atoms with Crippen molar-refractivity contribution in [3.05, 3.63) is 70.0 Å². The van der Waals surface area contributed by atoms with Gasteiger partial charge in [0.05, 0.1) is 11.5 Å². The number of carbonyl (C=O) groups is 3. The standard InChI is InChI=1S/C27H30N2O5S/c1-3-17-33-22-9-11-23(12-10-22)34-27-20(5-4-16-28-27)18-29-26(32)15-8-21(30)7-13-24(31)25-14-6-19(2)35-25/h4-6,9-12,14,16H,3,7-8,13,15,17-18H2,1-2H3,(H,29,32). The molecule has 0 saturated carbocycles. The fourth-order valence-electron chi connectivity index (χ4n) is 3.21. The Morgan fingerprint density at radius 1 is 0.943 bits per heavy atom. The molecular weight excluding hydrogens is 464 g/mol. The number of Topliss-reactive ketones (excluding diaryl/α,β-unsaturated/α-hetero) is 2. The van der Waals surface area contributed by atoms with Crippen molar-refractivity contribution >= 4 is 28.8 Å². The first kappa shape index (κ1) is 26.1. The Bertz CT molecular complexity index is 1140. The lowest BCUT2D eigenvalue weighted by molar-refractivity contribution is -0.125. The lowest BCUT2D eigenvalue weighted by atomic mass is 10.1. The molecule has 0 unspecified atom stereocenters. The van der Waals surface area contributed by atoms with Crippen LogP contribution in [0.2, 0.25) is 0 Å². The van der Waals surface area contributed by atoms with Crippen LogP contribution in [0.15, 0.2) is 54.7 Å². The Hall–Kier alpha value is -3.52. The number of hydrogen-bond acceptors (Lipinski definition) is 7. The van der Waals surface area contributed by atoms with Crippen LogP contribution in [0.5, 0.6) is 17.4 Å². The van der Waals surface area contributed by atoms with Gasteiger partial charge in [-0.1, -0.05) is 13.0 Å². The molecule has 3 aromatic rings. The summed E-state index contributed by atoms with van der Waals surface area (Å²) in [5, 5.41) is 2.81. The van der Waals surface area contributed by atoms with Crippen LogP contribution in [0.25, 0.3) is 0 Å². The molecule has 2 aromatic heterocycles. The lowest BCUT2D eigenvalue weighted by Crippen LogP contribution is -2.23. The average Bonchev–Trinajstić information content (AvgIpc) is 3.31. The second-order valence-corrected chi connectivity index (χ2v) is 9.33. The Balaban J connectivity index is 1.42. The first-order valence-corrected chi connectivity index (χ1v) is 12.5. The predicted octanol–water partition coefficient (Wildman–Crippen LogP) is 5.66. The summed E-state index contributed by atoms with van der Waals surface area (Å²) < 4.78 is 11.5. The Morgan fingerprint density at radius 3 is 2.40 bits per heavy atom. The molecule has 0 saturated heterocycles. The summed E-state index contributed by atoms with van der Waals surface area (Å²) in [6.07, 6.45) is 3.04. The summed E-state index contributed by atoms with van der Waals surface area (Å²) >= 11 is 1.43. The lowest BCUT2D eigenvalue weighted by Gasteiger charge is -2.11. The van der Waals surface area contributed by atoms with E-state index in [1.165, 1.54) is 11.3 Å². The molecule has 1 amide bonds. The van der Waals surface area contributed by atoms with E-state index in [2.05, 4.69) is 10.3 Å². The zero-order valence-corrected chi connectivity index (χ0v) is 20.9. The molecule has 0 aliphatic carbocycles. The van der Waals surface area contributed by atoms with Crippen LogP contribution in [-0.2, 0) is 16.1 Å². The first-order chi connectivity index (χ1) is 16.9. The molecule has 0 atom stereocenters. The molecule has 1 aromatic carbocycles. The first-order valence-electron chi connectivity index (χ1n) is 11.7. The Labute approximate surface area is 209 Å². The summed E-state index contributed by atoms with van der Waals surface area (Å²) in [4.78, 5) is 42.6. The predicted molar refractivity (Wildman–Crippen MR) is 135 cm³/mol. The van der Waals surface area contributed by atoms with Gasteiger partial charge in [-0.15, -0.1) is 11.3 Å². The van der Waals surface area contributed by atoms with Gasteiger partial charge in [-0.05, 0) is 55.8 Å². The van der Waals surface area contributed by atoms with Gasteiger partial charge < -0.3 is 14.8 Å². The number of pyridine rings is 1. The van der Waals surface area contributed by atoms with Crippen molar-refractivity contribution < 1.29 is 23.9 Å². The van der Waals surface area contributed by atoms with Crippen LogP contribution < -0.4 is 14.8 Å². The average molecular weight is 495 g/mol. The number of carbonyl (C=O) groups excluding carboxylic acids is 3. The quantitative estimate of drug-likeness (QED) is 0.291. The summed E-state index contributed by atoms with van der Waals surface area (Å²) in [6.45, 7) is 4.87. The number of rotatable bonds is 14. The van der Waals surface area contributed by atoms with Crippen LogP contribution in [-0.4, -0.2) is 29.1 Å². The highest BCUT2D eigenvalue weighted by molar-refractivity contribution is 7.14. The molecule has 3 rings (SSSR count). The van der Waals surface area contributed by atoms with Crippen LogP contribution in [0.1, 0.15) is 59.1 Å². The number of nitrogens with zero attached hydrogens (tertiary/aromatic N) is 1. The van der Waals surface area contributed by atoms with Crippen molar-refractivity contribution in [3.63, 3.8) is 0 Å². The van der Waals surface area contributed by atoms with Gasteiger partial charge in [0.15, 0.2) is 5.78 Å². The molecule has 0 aliphatic heterocycles. The normalized spacial score (nSPS) is 10.6. The molecule has 1 N–H and O–H groups in total. The molecule has 35 heavy (non-hydrogen) atoms. The number of hydrogen-bond donors (Lipinski definition) is 1. The van der Waals surface area contributed by atoms with Crippen LogP contribution >= 0.6 is 11.3 Å². The second-order valence-electron chi connectivity index (χ2n) is 8.04. The van der Waals surface area contributed by atoms with Crippen molar-refractivity contribution in [2.24, 2.45) is 0 Å². The molecular formula is C27H30N2O5S. The van der Waals surface area contributed by atoms with Gasteiger partial charge in [-0.3, -0.25) is 14.4 Å². The van der Waals surface area contributed by atoms with Crippen LogP contribution in [0.3, 0.4) is 0 Å². The summed E-state index contributed by atoms with van der Waals surface area (Å²) in [6, 6.07) is 14.5. The number of amides is 1. The third kappa shape index (κ3) is 8.64. The van der Waals surface area contributed by atoms with Gasteiger partial charge in [0.2, 0.25) is 11.8 Å². The zero-order valence-electron chi connectivity index (χ0n) is 20.0. The number of ketones is 2. The number of thiophene rings is 1. The highest BCUT2D eigenvalue weighted by Crippen LogP contribution is 2.25. The van der Waals surface area contributed by atoms with Crippen LogP contribution in [0.4, 0.5) is 0 Å². The van der Waals surface area contributed by atoms with Crippen molar-refractivity contribution in [3.8, 4) is 17.4 Å². The fraction of sp³-hybridized carbons (Fsp3) is 0.333. The molecule has 0 radical (unpaired) electrons. The number of benzene rings is 1. The minimum Gasteiger partial charge on any atom is -0.494 e. The number of nitrogens with one attached hydrogen (secondary N) is 1. The fourth-order valence-corrected chi connectivity index (χ4v) is 4.04. The minimum atomic E-state index is -0.245. The third-order valence-electron chi connectivity index (χ3n) is 5.11. The van der Waals surface area contributed by atoms with E-state index < -0.39 is 0 Å². The molecule has 0 aliphatic rings. The summed E-state index contributed by atoms with van der Waals surface area (Å²) in [5.74, 6) is 1.40. The highest BCUT2D eigenvalue weighted by atomic mass is 32.1. The SMILES string of the molecule is CCCOc1ccc(Oc2ncccc2CNC(=O)CCC(=O)CCC(=O)c2ccc(C)s2)cc1. The smallest absolute Gasteiger partial charge is 0.224 e. The van der Waals surface area contributed by atoms with E-state index in [1.807, 2.05) is 38.1 Å². The van der Waals surface area contributed by atoms with Crippen molar-refractivity contribution in [2.45, 2.75) is 52.5 Å². The van der Waals surface area contributed by atoms with Gasteiger partial charge in [-0.25, -0.2) is 4.98 Å². The number of aromatic nitrogens is 1.